The highest BCUT2D eigenvalue weighted by Gasteiger charge is 2.32. The van der Waals surface area contributed by atoms with Crippen molar-refractivity contribution in [2.45, 2.75) is 38.3 Å². The van der Waals surface area contributed by atoms with E-state index in [0.29, 0.717) is 34.0 Å². The molecule has 0 spiro atoms. The van der Waals surface area contributed by atoms with Crippen LogP contribution in [0.15, 0.2) is 42.7 Å². The number of rotatable bonds is 6. The minimum atomic E-state index is -4.85. The number of hydrogen-bond acceptors (Lipinski definition) is 6. The summed E-state index contributed by atoms with van der Waals surface area (Å²) in [5.41, 5.74) is 1.08. The second-order valence-corrected chi connectivity index (χ2v) is 8.18. The predicted molar refractivity (Wildman–Crippen MR) is 106 cm³/mol. The van der Waals surface area contributed by atoms with Crippen molar-refractivity contribution in [1.82, 2.24) is 9.55 Å². The average molecular weight is 450 g/mol. The zero-order chi connectivity index (χ0) is 22.2. The number of fused-ring (bicyclic) bond motifs is 1. The van der Waals surface area contributed by atoms with Gasteiger partial charge in [-0.05, 0) is 42.3 Å². The molecular weight excluding hydrogens is 433 g/mol. The third kappa shape index (κ3) is 4.54. The number of halogens is 3. The van der Waals surface area contributed by atoms with E-state index in [9.17, 15) is 27.9 Å². The minimum absolute atomic E-state index is 0.00661. The van der Waals surface area contributed by atoms with E-state index in [1.165, 1.54) is 23.5 Å². The third-order valence-electron chi connectivity index (χ3n) is 5.04. The number of aliphatic hydroxyl groups is 1. The molecule has 0 radical (unpaired) electrons. The molecule has 1 unspecified atom stereocenters. The molecule has 0 saturated carbocycles. The first-order valence-electron chi connectivity index (χ1n) is 9.42. The van der Waals surface area contributed by atoms with E-state index >= 15 is 0 Å². The van der Waals surface area contributed by atoms with E-state index in [4.69, 9.17) is 0 Å². The Morgan fingerprint density at radius 2 is 2.13 bits per heavy atom. The zero-order valence-corrected chi connectivity index (χ0v) is 16.9. The summed E-state index contributed by atoms with van der Waals surface area (Å²) in [6, 6.07) is 7.01. The lowest BCUT2D eigenvalue weighted by Gasteiger charge is -2.24. The molecule has 1 aliphatic rings. The largest absolute Gasteiger partial charge is 0.573 e. The molecular formula is C21H17F3N2O4S. The summed E-state index contributed by atoms with van der Waals surface area (Å²) >= 11 is 1.25. The third-order valence-corrected chi connectivity index (χ3v) is 6.08. The number of carbonyl (C=O) groups excluding carboxylic acids is 2. The fourth-order valence-corrected chi connectivity index (χ4v) is 4.55. The molecule has 3 heterocycles. The van der Waals surface area contributed by atoms with Crippen LogP contribution in [-0.4, -0.2) is 32.6 Å². The van der Waals surface area contributed by atoms with Gasteiger partial charge in [-0.1, -0.05) is 0 Å². The molecule has 10 heteroatoms. The van der Waals surface area contributed by atoms with Crippen LogP contribution in [0.1, 0.15) is 39.9 Å². The second kappa shape index (κ2) is 8.27. The first-order valence-corrected chi connectivity index (χ1v) is 10.2. The zero-order valence-electron chi connectivity index (χ0n) is 16.1. The lowest BCUT2D eigenvalue weighted by molar-refractivity contribution is -0.275. The smallest absolute Gasteiger partial charge is 0.405 e. The molecule has 0 aliphatic carbocycles. The number of alkyl halides is 3. The standard InChI is InChI=1S/C21H17F3N2O4S/c22-21(23,24)30-18-6-3-12(8-13(18)11-27)19-10-25-20(31-19)9-17(29)15-4-5-16(28)14-2-1-7-26(14)15/h1-3,6-8,10,15,27H,4-5,9,11H2. The molecule has 2 aromatic heterocycles. The normalized spacial score (nSPS) is 16.3. The summed E-state index contributed by atoms with van der Waals surface area (Å²) < 4.78 is 43.1. The van der Waals surface area contributed by atoms with Crippen molar-refractivity contribution in [2.24, 2.45) is 0 Å². The number of aromatic nitrogens is 2. The monoisotopic (exact) mass is 450 g/mol. The van der Waals surface area contributed by atoms with Crippen LogP contribution >= 0.6 is 11.3 Å². The van der Waals surface area contributed by atoms with E-state index < -0.39 is 24.8 Å². The Morgan fingerprint density at radius 1 is 1.32 bits per heavy atom. The van der Waals surface area contributed by atoms with Gasteiger partial charge in [0.25, 0.3) is 0 Å². The van der Waals surface area contributed by atoms with Crippen LogP contribution in [-0.2, 0) is 17.8 Å². The molecule has 3 aromatic rings. The second-order valence-electron chi connectivity index (χ2n) is 7.07. The highest BCUT2D eigenvalue weighted by atomic mass is 32.1. The number of carbonyl (C=O) groups is 2. The average Bonchev–Trinajstić information content (AvgIpc) is 3.37. The van der Waals surface area contributed by atoms with Crippen molar-refractivity contribution in [1.29, 1.82) is 0 Å². The molecule has 1 N–H and O–H groups in total. The Hall–Kier alpha value is -2.98. The maximum atomic E-state index is 12.8. The lowest BCUT2D eigenvalue weighted by atomic mass is 9.97. The van der Waals surface area contributed by atoms with Crippen molar-refractivity contribution in [2.75, 3.05) is 0 Å². The summed E-state index contributed by atoms with van der Waals surface area (Å²) in [7, 11) is 0. The maximum absolute atomic E-state index is 12.8. The summed E-state index contributed by atoms with van der Waals surface area (Å²) in [5.74, 6) is -0.507. The Bertz CT molecular complexity index is 1140. The van der Waals surface area contributed by atoms with E-state index in [1.54, 1.807) is 29.1 Å². The van der Waals surface area contributed by atoms with E-state index in [0.717, 1.165) is 6.07 Å². The maximum Gasteiger partial charge on any atom is 0.573 e. The Balaban J connectivity index is 1.51. The number of aliphatic hydroxyl groups excluding tert-OH is 1. The number of thiazole rings is 1. The van der Waals surface area contributed by atoms with Gasteiger partial charge >= 0.3 is 6.36 Å². The van der Waals surface area contributed by atoms with Gasteiger partial charge in [0.05, 0.1) is 29.6 Å². The van der Waals surface area contributed by atoms with Gasteiger partial charge in [0.2, 0.25) is 0 Å². The molecule has 162 valence electrons. The van der Waals surface area contributed by atoms with Crippen LogP contribution in [0.4, 0.5) is 13.2 Å². The molecule has 1 aliphatic heterocycles. The molecule has 31 heavy (non-hydrogen) atoms. The summed E-state index contributed by atoms with van der Waals surface area (Å²) in [4.78, 5) is 29.7. The SMILES string of the molecule is O=C1CCC(C(=O)Cc2ncc(-c3ccc(OC(F)(F)F)c(CO)c3)s2)n2cccc21. The van der Waals surface area contributed by atoms with Crippen molar-refractivity contribution in [3.05, 3.63) is 59.0 Å². The van der Waals surface area contributed by atoms with E-state index in [2.05, 4.69) is 9.72 Å². The number of ketones is 2. The molecule has 0 amide bonds. The van der Waals surface area contributed by atoms with Gasteiger partial charge in [-0.3, -0.25) is 9.59 Å². The summed E-state index contributed by atoms with van der Waals surface area (Å²) in [6.45, 7) is -0.622. The van der Waals surface area contributed by atoms with Gasteiger partial charge in [0.15, 0.2) is 11.6 Å². The number of nitrogens with zero attached hydrogens (tertiary/aromatic N) is 2. The van der Waals surface area contributed by atoms with Gasteiger partial charge in [0.1, 0.15) is 10.8 Å². The van der Waals surface area contributed by atoms with Crippen molar-refractivity contribution in [3.8, 4) is 16.2 Å². The van der Waals surface area contributed by atoms with Gasteiger partial charge in [-0.15, -0.1) is 24.5 Å². The Labute approximate surface area is 178 Å². The van der Waals surface area contributed by atoms with Crippen LogP contribution in [0, 0.1) is 0 Å². The van der Waals surface area contributed by atoms with E-state index in [-0.39, 0.29) is 23.6 Å². The highest BCUT2D eigenvalue weighted by Crippen LogP contribution is 2.34. The molecule has 0 bridgehead atoms. The molecule has 0 fully saturated rings. The Kier molecular flexibility index (Phi) is 5.67. The van der Waals surface area contributed by atoms with Gasteiger partial charge in [0, 0.05) is 24.4 Å². The minimum Gasteiger partial charge on any atom is -0.405 e. The number of Topliss-reactive ketones (excluding diaryl/α,β-unsaturated/α-hetero) is 2. The molecule has 0 saturated heterocycles. The van der Waals surface area contributed by atoms with Crippen LogP contribution in [0.25, 0.3) is 10.4 Å². The first kappa shape index (κ1) is 21.3. The van der Waals surface area contributed by atoms with Gasteiger partial charge in [-0.2, -0.15) is 0 Å². The molecule has 1 aromatic carbocycles. The van der Waals surface area contributed by atoms with Crippen LogP contribution in [0.2, 0.25) is 0 Å². The molecule has 1 atom stereocenters. The van der Waals surface area contributed by atoms with Crippen LogP contribution < -0.4 is 4.74 Å². The number of benzene rings is 1. The summed E-state index contributed by atoms with van der Waals surface area (Å²) in [5, 5.41) is 9.97. The molecule has 4 rings (SSSR count). The highest BCUT2D eigenvalue weighted by molar-refractivity contribution is 7.15. The lowest BCUT2D eigenvalue weighted by Crippen LogP contribution is -2.28. The first-order chi connectivity index (χ1) is 14.7. The topological polar surface area (TPSA) is 81.4 Å². The van der Waals surface area contributed by atoms with Gasteiger partial charge in [-0.25, -0.2) is 4.98 Å². The fourth-order valence-electron chi connectivity index (χ4n) is 3.63. The number of hydrogen-bond donors (Lipinski definition) is 1. The van der Waals surface area contributed by atoms with Crippen LogP contribution in [0.5, 0.6) is 5.75 Å². The van der Waals surface area contributed by atoms with Crippen molar-refractivity contribution >= 4 is 22.9 Å². The van der Waals surface area contributed by atoms with Gasteiger partial charge < -0.3 is 14.4 Å². The van der Waals surface area contributed by atoms with E-state index in [1.807, 2.05) is 0 Å². The van der Waals surface area contributed by atoms with Crippen molar-refractivity contribution < 1.29 is 32.6 Å². The summed E-state index contributed by atoms with van der Waals surface area (Å²) in [6.07, 6.45) is -0.739. The predicted octanol–water partition coefficient (Wildman–Crippen LogP) is 4.33. The molecule has 6 nitrogen and oxygen atoms in total. The van der Waals surface area contributed by atoms with Crippen LogP contribution in [0.3, 0.4) is 0 Å². The number of ether oxygens (including phenoxy) is 1. The van der Waals surface area contributed by atoms with Crippen molar-refractivity contribution in [3.63, 3.8) is 0 Å². The quantitative estimate of drug-likeness (QED) is 0.605. The fraction of sp³-hybridized carbons (Fsp3) is 0.286. The Morgan fingerprint density at radius 3 is 2.87 bits per heavy atom.